The van der Waals surface area contributed by atoms with E-state index in [1.54, 1.807) is 11.8 Å². The summed E-state index contributed by atoms with van der Waals surface area (Å²) in [6, 6.07) is 31.2. The van der Waals surface area contributed by atoms with Crippen LogP contribution in [-0.2, 0) is 9.48 Å². The fourth-order valence-corrected chi connectivity index (χ4v) is 5.22. The van der Waals surface area contributed by atoms with Gasteiger partial charge in [0.25, 0.3) is 6.48 Å². The van der Waals surface area contributed by atoms with Crippen molar-refractivity contribution in [2.75, 3.05) is 12.3 Å². The van der Waals surface area contributed by atoms with Crippen molar-refractivity contribution in [1.82, 2.24) is 5.32 Å². The number of hydrogen-bond acceptors (Lipinski definition) is 5. The van der Waals surface area contributed by atoms with Crippen LogP contribution in [0.2, 0.25) is 0 Å². The number of aliphatic hydroxyl groups excluding tert-OH is 1. The molecule has 0 bridgehead atoms. The Morgan fingerprint density at radius 1 is 0.875 bits per heavy atom. The van der Waals surface area contributed by atoms with Gasteiger partial charge in [0.2, 0.25) is 0 Å². The van der Waals surface area contributed by atoms with Crippen LogP contribution in [0.15, 0.2) is 103 Å². The first-order valence-electron chi connectivity index (χ1n) is 10.7. The summed E-state index contributed by atoms with van der Waals surface area (Å²) in [6.07, 6.45) is 0.239. The SMILES string of the molecule is C=C(C)CCNC(CSC(c1ccccc1)(c1ccccc1)c1ccccc1)OC(O)O. The Labute approximate surface area is 195 Å². The summed E-state index contributed by atoms with van der Waals surface area (Å²) in [5.41, 5.74) is 4.49. The Bertz CT molecular complexity index is 852. The van der Waals surface area contributed by atoms with Crippen molar-refractivity contribution in [2.45, 2.75) is 30.8 Å². The molecule has 0 heterocycles. The molecule has 3 rings (SSSR count). The van der Waals surface area contributed by atoms with Crippen LogP contribution in [0.1, 0.15) is 30.0 Å². The molecule has 0 saturated heterocycles. The predicted octanol–water partition coefficient (Wildman–Crippen LogP) is 4.88. The van der Waals surface area contributed by atoms with E-state index in [1.807, 2.05) is 61.5 Å². The third kappa shape index (κ3) is 6.31. The van der Waals surface area contributed by atoms with Gasteiger partial charge in [0.1, 0.15) is 6.23 Å². The molecule has 0 saturated carbocycles. The maximum absolute atomic E-state index is 9.48. The molecule has 32 heavy (non-hydrogen) atoms. The van der Waals surface area contributed by atoms with Gasteiger partial charge in [-0.15, -0.1) is 18.3 Å². The van der Waals surface area contributed by atoms with E-state index in [0.717, 1.165) is 28.7 Å². The maximum atomic E-state index is 9.48. The fourth-order valence-electron chi connectivity index (χ4n) is 3.71. The largest absolute Gasteiger partial charge is 0.346 e. The number of rotatable bonds is 12. The highest BCUT2D eigenvalue weighted by Gasteiger charge is 2.37. The van der Waals surface area contributed by atoms with Crippen LogP contribution >= 0.6 is 11.8 Å². The summed E-state index contributed by atoms with van der Waals surface area (Å²) in [6.45, 7) is 4.69. The molecule has 1 atom stereocenters. The molecule has 168 valence electrons. The first-order chi connectivity index (χ1) is 15.5. The molecule has 0 fully saturated rings. The van der Waals surface area contributed by atoms with E-state index in [1.165, 1.54) is 0 Å². The topological polar surface area (TPSA) is 61.7 Å². The number of thioether (sulfide) groups is 1. The van der Waals surface area contributed by atoms with E-state index in [4.69, 9.17) is 4.74 Å². The molecule has 0 spiro atoms. The van der Waals surface area contributed by atoms with Gasteiger partial charge >= 0.3 is 0 Å². The first-order valence-corrected chi connectivity index (χ1v) is 11.7. The van der Waals surface area contributed by atoms with Crippen molar-refractivity contribution in [3.8, 4) is 0 Å². The molecular weight excluding hydrogens is 418 g/mol. The normalized spacial score (nSPS) is 12.6. The van der Waals surface area contributed by atoms with E-state index in [2.05, 4.69) is 48.3 Å². The number of benzene rings is 3. The van der Waals surface area contributed by atoms with Gasteiger partial charge in [-0.25, -0.2) is 0 Å². The smallest absolute Gasteiger partial charge is 0.268 e. The third-order valence-electron chi connectivity index (χ3n) is 5.20. The van der Waals surface area contributed by atoms with E-state index in [0.29, 0.717) is 12.3 Å². The average Bonchev–Trinajstić information content (AvgIpc) is 2.81. The van der Waals surface area contributed by atoms with E-state index < -0.39 is 17.5 Å². The molecule has 0 aliphatic heterocycles. The van der Waals surface area contributed by atoms with Gasteiger partial charge in [0.15, 0.2) is 0 Å². The summed E-state index contributed by atoms with van der Waals surface area (Å²) < 4.78 is 4.89. The second-order valence-electron chi connectivity index (χ2n) is 7.70. The van der Waals surface area contributed by atoms with Crippen LogP contribution in [0.5, 0.6) is 0 Å². The van der Waals surface area contributed by atoms with Crippen molar-refractivity contribution in [3.63, 3.8) is 0 Å². The van der Waals surface area contributed by atoms with Crippen LogP contribution in [0.4, 0.5) is 0 Å². The summed E-state index contributed by atoms with van der Waals surface area (Å²) in [5.74, 6) is 0.493. The van der Waals surface area contributed by atoms with Gasteiger partial charge in [0, 0.05) is 12.3 Å². The molecule has 3 aromatic rings. The molecule has 0 amide bonds. The summed E-state index contributed by atoms with van der Waals surface area (Å²) in [4.78, 5) is 0. The quantitative estimate of drug-likeness (QED) is 0.209. The first kappa shape index (κ1) is 24.2. The van der Waals surface area contributed by atoms with Crippen molar-refractivity contribution in [2.24, 2.45) is 0 Å². The number of nitrogens with one attached hydrogen (secondary N) is 1. The maximum Gasteiger partial charge on any atom is 0.268 e. The molecule has 4 nitrogen and oxygen atoms in total. The zero-order chi connectivity index (χ0) is 22.8. The Morgan fingerprint density at radius 3 is 1.69 bits per heavy atom. The van der Waals surface area contributed by atoms with Gasteiger partial charge in [0.05, 0.1) is 4.75 Å². The molecule has 0 aliphatic rings. The summed E-state index contributed by atoms with van der Waals surface area (Å²) in [5, 5.41) is 22.2. The number of ether oxygens (including phenoxy) is 1. The summed E-state index contributed by atoms with van der Waals surface area (Å²) >= 11 is 1.71. The van der Waals surface area contributed by atoms with Gasteiger partial charge in [-0.05, 0) is 30.0 Å². The molecule has 0 radical (unpaired) electrons. The number of aliphatic hydroxyl groups is 2. The third-order valence-corrected chi connectivity index (χ3v) is 6.81. The second kappa shape index (κ2) is 12.0. The second-order valence-corrected chi connectivity index (χ2v) is 8.94. The van der Waals surface area contributed by atoms with Gasteiger partial charge in [-0.1, -0.05) is 96.6 Å². The Balaban J connectivity index is 2.01. The van der Waals surface area contributed by atoms with Crippen molar-refractivity contribution < 1.29 is 14.9 Å². The lowest BCUT2D eigenvalue weighted by Crippen LogP contribution is -2.39. The monoisotopic (exact) mass is 449 g/mol. The molecule has 0 aliphatic carbocycles. The minimum absolute atomic E-state index is 0.493. The van der Waals surface area contributed by atoms with Crippen LogP contribution in [-0.4, -0.2) is 35.2 Å². The molecule has 0 aromatic heterocycles. The van der Waals surface area contributed by atoms with Gasteiger partial charge in [-0.2, -0.15) is 0 Å². The van der Waals surface area contributed by atoms with E-state index >= 15 is 0 Å². The highest BCUT2D eigenvalue weighted by Crippen LogP contribution is 2.48. The molecule has 1 unspecified atom stereocenters. The van der Waals surface area contributed by atoms with Crippen molar-refractivity contribution in [1.29, 1.82) is 0 Å². The van der Waals surface area contributed by atoms with Gasteiger partial charge < -0.3 is 14.9 Å². The minimum Gasteiger partial charge on any atom is -0.346 e. The predicted molar refractivity (Wildman–Crippen MR) is 132 cm³/mol. The van der Waals surface area contributed by atoms with Crippen molar-refractivity contribution in [3.05, 3.63) is 120 Å². The van der Waals surface area contributed by atoms with Crippen LogP contribution in [0, 0.1) is 0 Å². The lowest BCUT2D eigenvalue weighted by atomic mass is 9.84. The fraction of sp³-hybridized carbons (Fsp3) is 0.259. The molecule has 3 N–H and O–H groups in total. The van der Waals surface area contributed by atoms with E-state index in [9.17, 15) is 10.2 Å². The highest BCUT2D eigenvalue weighted by molar-refractivity contribution is 8.00. The average molecular weight is 450 g/mol. The Hall–Kier alpha value is -2.41. The lowest BCUT2D eigenvalue weighted by molar-refractivity contribution is -0.256. The summed E-state index contributed by atoms with van der Waals surface area (Å²) in [7, 11) is 0. The zero-order valence-electron chi connectivity index (χ0n) is 18.4. The molecule has 5 heteroatoms. The highest BCUT2D eigenvalue weighted by atomic mass is 32.2. The Morgan fingerprint density at radius 2 is 1.31 bits per heavy atom. The number of hydrogen-bond donors (Lipinski definition) is 3. The van der Waals surface area contributed by atoms with Crippen LogP contribution < -0.4 is 5.32 Å². The zero-order valence-corrected chi connectivity index (χ0v) is 19.2. The van der Waals surface area contributed by atoms with Crippen LogP contribution in [0.25, 0.3) is 0 Å². The van der Waals surface area contributed by atoms with Crippen LogP contribution in [0.3, 0.4) is 0 Å². The van der Waals surface area contributed by atoms with Crippen molar-refractivity contribution >= 4 is 11.8 Å². The minimum atomic E-state index is -1.85. The molecule has 3 aromatic carbocycles. The standard InChI is InChI=1S/C27H31NO3S/c1-21(2)18-19-28-25(31-26(29)30)20-32-27(22-12-6-3-7-13-22,23-14-8-4-9-15-23)24-16-10-5-11-17-24/h3-17,25-26,28-30H,1,18-20H2,2H3. The molecular formula is C27H31NO3S. The lowest BCUT2D eigenvalue weighted by Gasteiger charge is -2.36. The Kier molecular flexibility index (Phi) is 9.09. The van der Waals surface area contributed by atoms with Gasteiger partial charge in [-0.3, -0.25) is 5.32 Å². The van der Waals surface area contributed by atoms with E-state index in [-0.39, 0.29) is 0 Å².